The molecule has 1 amide bonds. The van der Waals surface area contributed by atoms with Gasteiger partial charge in [-0.3, -0.25) is 9.78 Å². The monoisotopic (exact) mass is 251 g/mol. The van der Waals surface area contributed by atoms with Gasteiger partial charge >= 0.3 is 0 Å². The lowest BCUT2D eigenvalue weighted by Crippen LogP contribution is -2.45. The number of hydrogen-bond donors (Lipinski definition) is 2. The third kappa shape index (κ3) is 3.05. The molecular weight excluding hydrogens is 230 g/mol. The molecule has 1 aliphatic heterocycles. The summed E-state index contributed by atoms with van der Waals surface area (Å²) in [6.45, 7) is 1.49. The van der Waals surface area contributed by atoms with Crippen LogP contribution in [-0.2, 0) is 4.79 Å². The van der Waals surface area contributed by atoms with Crippen LogP contribution in [0, 0.1) is 0 Å². The molecule has 2 rings (SSSR count). The van der Waals surface area contributed by atoms with Gasteiger partial charge in [-0.15, -0.1) is 0 Å². The van der Waals surface area contributed by atoms with Gasteiger partial charge in [0.15, 0.2) is 0 Å². The van der Waals surface area contributed by atoms with Gasteiger partial charge < -0.3 is 15.7 Å². The fraction of sp³-hybridized carbons (Fsp3) is 0.538. The Bertz CT molecular complexity index is 377. The molecule has 18 heavy (non-hydrogen) atoms. The Hall–Kier alpha value is -1.46. The van der Waals surface area contributed by atoms with Crippen LogP contribution < -0.4 is 5.73 Å². The molecule has 2 atom stereocenters. The third-order valence-corrected chi connectivity index (χ3v) is 3.09. The maximum atomic E-state index is 12.0. The van der Waals surface area contributed by atoms with Crippen molar-refractivity contribution in [2.45, 2.75) is 32.4 Å². The van der Waals surface area contributed by atoms with E-state index in [1.54, 1.807) is 29.4 Å². The van der Waals surface area contributed by atoms with Gasteiger partial charge in [0.1, 0.15) is 12.1 Å². The molecule has 100 valence electrons. The molecule has 0 aliphatic carbocycles. The quantitative estimate of drug-likeness (QED) is 0.829. The fourth-order valence-electron chi connectivity index (χ4n) is 2.05. The Morgan fingerprint density at radius 3 is 2.44 bits per heavy atom. The molecule has 1 saturated heterocycles. The number of likely N-dealkylation sites (tertiary alicyclic amines) is 1. The van der Waals surface area contributed by atoms with E-state index in [-0.39, 0.29) is 13.3 Å². The highest BCUT2D eigenvalue weighted by Crippen LogP contribution is 2.18. The summed E-state index contributed by atoms with van der Waals surface area (Å²) >= 11 is 0. The van der Waals surface area contributed by atoms with Crippen LogP contribution in [-0.4, -0.2) is 40.0 Å². The van der Waals surface area contributed by atoms with E-state index in [1.165, 1.54) is 0 Å². The smallest absolute Gasteiger partial charge is 0.242 e. The average Bonchev–Trinajstić information content (AvgIpc) is 2.91. The Kier molecular flexibility index (Phi) is 5.25. The largest absolute Gasteiger partial charge is 0.386 e. The summed E-state index contributed by atoms with van der Waals surface area (Å²) in [6, 6.07) is 2.44. The summed E-state index contributed by atoms with van der Waals surface area (Å²) in [4.78, 5) is 17.6. The van der Waals surface area contributed by atoms with Crippen molar-refractivity contribution in [2.75, 3.05) is 13.1 Å². The van der Waals surface area contributed by atoms with Crippen LogP contribution in [0.15, 0.2) is 24.5 Å². The highest BCUT2D eigenvalue weighted by atomic mass is 16.3. The van der Waals surface area contributed by atoms with Crippen molar-refractivity contribution < 1.29 is 9.90 Å². The van der Waals surface area contributed by atoms with E-state index in [9.17, 15) is 9.90 Å². The first-order chi connectivity index (χ1) is 8.20. The maximum Gasteiger partial charge on any atom is 0.242 e. The molecule has 1 aromatic rings. The van der Waals surface area contributed by atoms with Crippen LogP contribution in [0.1, 0.15) is 31.9 Å². The van der Waals surface area contributed by atoms with Gasteiger partial charge in [0.2, 0.25) is 5.91 Å². The van der Waals surface area contributed by atoms with Crippen molar-refractivity contribution in [1.29, 1.82) is 0 Å². The number of carbonyl (C=O) groups is 1. The van der Waals surface area contributed by atoms with E-state index in [4.69, 9.17) is 5.73 Å². The number of nitrogens with zero attached hydrogens (tertiary/aromatic N) is 2. The maximum absolute atomic E-state index is 12.0. The number of pyridine rings is 1. The third-order valence-electron chi connectivity index (χ3n) is 3.09. The lowest BCUT2D eigenvalue weighted by atomic mass is 10.0. The van der Waals surface area contributed by atoms with Crippen LogP contribution >= 0.6 is 0 Å². The minimum atomic E-state index is -0.967. The number of carbonyl (C=O) groups excluding carboxylic acids is 1. The van der Waals surface area contributed by atoms with E-state index in [0.29, 0.717) is 5.56 Å². The first kappa shape index (κ1) is 14.6. The first-order valence-electron chi connectivity index (χ1n) is 5.82. The van der Waals surface area contributed by atoms with Gasteiger partial charge in [-0.25, -0.2) is 0 Å². The van der Waals surface area contributed by atoms with Gasteiger partial charge in [-0.05, 0) is 30.5 Å². The van der Waals surface area contributed by atoms with Gasteiger partial charge in [-0.2, -0.15) is 0 Å². The lowest BCUT2D eigenvalue weighted by Gasteiger charge is -2.23. The molecule has 5 heteroatoms. The minimum absolute atomic E-state index is 0. The van der Waals surface area contributed by atoms with E-state index in [2.05, 4.69) is 4.98 Å². The fourth-order valence-corrected chi connectivity index (χ4v) is 2.05. The summed E-state index contributed by atoms with van der Waals surface area (Å²) in [5, 5.41) is 10.0. The van der Waals surface area contributed by atoms with Crippen LogP contribution in [0.4, 0.5) is 0 Å². The van der Waals surface area contributed by atoms with E-state index >= 15 is 0 Å². The number of aromatic nitrogens is 1. The molecule has 0 aromatic carbocycles. The normalized spacial score (nSPS) is 18.0. The second-order valence-electron chi connectivity index (χ2n) is 4.28. The van der Waals surface area contributed by atoms with Crippen molar-refractivity contribution in [3.8, 4) is 0 Å². The highest BCUT2D eigenvalue weighted by Gasteiger charge is 2.29. The van der Waals surface area contributed by atoms with Crippen LogP contribution in [0.25, 0.3) is 0 Å². The molecular formula is C13H21N3O2. The molecule has 3 N–H and O–H groups in total. The molecule has 0 radical (unpaired) electrons. The van der Waals surface area contributed by atoms with Crippen LogP contribution in [0.2, 0.25) is 0 Å². The molecule has 0 spiro atoms. The van der Waals surface area contributed by atoms with Crippen molar-refractivity contribution in [1.82, 2.24) is 9.88 Å². The van der Waals surface area contributed by atoms with Gasteiger partial charge in [0.25, 0.3) is 0 Å². The van der Waals surface area contributed by atoms with Crippen molar-refractivity contribution in [3.63, 3.8) is 0 Å². The van der Waals surface area contributed by atoms with Crippen LogP contribution in [0.3, 0.4) is 0 Å². The zero-order valence-electron chi connectivity index (χ0n) is 9.62. The van der Waals surface area contributed by atoms with E-state index in [0.717, 1.165) is 25.9 Å². The molecule has 0 saturated carbocycles. The number of hydrogen-bond acceptors (Lipinski definition) is 4. The van der Waals surface area contributed by atoms with Crippen molar-refractivity contribution in [3.05, 3.63) is 30.1 Å². The lowest BCUT2D eigenvalue weighted by molar-refractivity contribution is -0.134. The van der Waals surface area contributed by atoms with Crippen LogP contribution in [0.5, 0.6) is 0 Å². The van der Waals surface area contributed by atoms with E-state index in [1.807, 2.05) is 0 Å². The molecule has 1 aromatic heterocycles. The molecule has 0 unspecified atom stereocenters. The standard InChI is InChI=1S/C12H17N3O2.CH4/c13-10(12(17)15-7-1-2-8-15)11(16)9-3-5-14-6-4-9;/h3-6,10-11,16H,1-2,7-8,13H2;1H4/t10-,11-;/m1./s1. The second-order valence-corrected chi connectivity index (χ2v) is 4.28. The van der Waals surface area contributed by atoms with Crippen molar-refractivity contribution in [2.24, 2.45) is 5.73 Å². The number of aliphatic hydroxyl groups excluding tert-OH is 1. The van der Waals surface area contributed by atoms with Crippen molar-refractivity contribution >= 4 is 5.91 Å². The Morgan fingerprint density at radius 1 is 1.33 bits per heavy atom. The molecule has 1 aliphatic rings. The molecule has 1 fully saturated rings. The molecule has 0 bridgehead atoms. The summed E-state index contributed by atoms with van der Waals surface area (Å²) in [6.07, 6.45) is 4.22. The summed E-state index contributed by atoms with van der Waals surface area (Å²) in [5.74, 6) is -0.174. The predicted octanol–water partition coefficient (Wildman–Crippen LogP) is 0.701. The average molecular weight is 251 g/mol. The summed E-state index contributed by atoms with van der Waals surface area (Å²) < 4.78 is 0. The zero-order valence-corrected chi connectivity index (χ0v) is 9.62. The molecule has 5 nitrogen and oxygen atoms in total. The first-order valence-corrected chi connectivity index (χ1v) is 5.82. The van der Waals surface area contributed by atoms with Gasteiger partial charge in [-0.1, -0.05) is 7.43 Å². The van der Waals surface area contributed by atoms with E-state index < -0.39 is 12.1 Å². The number of amides is 1. The number of aliphatic hydroxyl groups is 1. The Labute approximate surface area is 108 Å². The molecule has 2 heterocycles. The zero-order chi connectivity index (χ0) is 12.3. The topological polar surface area (TPSA) is 79.5 Å². The Balaban J connectivity index is 0.00000162. The number of rotatable bonds is 3. The SMILES string of the molecule is C.N[C@@H](C(=O)N1CCCC1)[C@H](O)c1ccncc1. The number of nitrogens with two attached hydrogens (primary N) is 1. The Morgan fingerprint density at radius 2 is 1.89 bits per heavy atom. The van der Waals surface area contributed by atoms with Gasteiger partial charge in [0, 0.05) is 25.5 Å². The van der Waals surface area contributed by atoms with Gasteiger partial charge in [0.05, 0.1) is 0 Å². The predicted molar refractivity (Wildman–Crippen MR) is 69.7 cm³/mol. The highest BCUT2D eigenvalue weighted by molar-refractivity contribution is 5.82. The summed E-state index contributed by atoms with van der Waals surface area (Å²) in [5.41, 5.74) is 6.44. The summed E-state index contributed by atoms with van der Waals surface area (Å²) in [7, 11) is 0. The second kappa shape index (κ2) is 6.47. The minimum Gasteiger partial charge on any atom is -0.386 e.